The molecule has 1 N–H and O–H groups in total. The number of rotatable bonds is 3. The molecular formula is C23H27N5O2. The van der Waals surface area contributed by atoms with Gasteiger partial charge in [0.25, 0.3) is 0 Å². The van der Waals surface area contributed by atoms with Gasteiger partial charge in [-0.25, -0.2) is 9.97 Å². The summed E-state index contributed by atoms with van der Waals surface area (Å²) in [4.78, 5) is 38.9. The highest BCUT2D eigenvalue weighted by molar-refractivity contribution is 5.87. The maximum absolute atomic E-state index is 13.0. The molecule has 3 aliphatic rings. The van der Waals surface area contributed by atoms with E-state index in [1.165, 1.54) is 0 Å². The van der Waals surface area contributed by atoms with Crippen molar-refractivity contribution in [3.63, 3.8) is 0 Å². The number of nitrogens with one attached hydrogen (secondary N) is 1. The van der Waals surface area contributed by atoms with Crippen LogP contribution in [0.25, 0.3) is 0 Å². The standard InChI is InChI=1S/C23H27N5O2/c29-19(15-18-5-2-1-3-6-18)27-13-8-22(9-14-27)16-28(21-25-10-4-11-26-21)17-23(22)7-12-24-20(23)30/h1-6,10-11H,7-9,12-17H2,(H,24,30). The molecule has 156 valence electrons. The lowest BCUT2D eigenvalue weighted by atomic mass is 9.60. The lowest BCUT2D eigenvalue weighted by Gasteiger charge is -2.46. The number of amides is 2. The van der Waals surface area contributed by atoms with E-state index in [1.54, 1.807) is 12.4 Å². The van der Waals surface area contributed by atoms with Crippen LogP contribution in [0.1, 0.15) is 24.8 Å². The van der Waals surface area contributed by atoms with Crippen molar-refractivity contribution in [1.82, 2.24) is 20.2 Å². The van der Waals surface area contributed by atoms with Gasteiger partial charge in [-0.05, 0) is 30.9 Å². The highest BCUT2D eigenvalue weighted by atomic mass is 16.2. The molecule has 1 aromatic carbocycles. The van der Waals surface area contributed by atoms with Crippen LogP contribution in [-0.4, -0.2) is 59.4 Å². The summed E-state index contributed by atoms with van der Waals surface area (Å²) in [6.45, 7) is 3.54. The normalized spacial score (nSPS) is 25.1. The minimum Gasteiger partial charge on any atom is -0.356 e. The summed E-state index contributed by atoms with van der Waals surface area (Å²) in [6.07, 6.45) is 6.45. The van der Waals surface area contributed by atoms with Crippen molar-refractivity contribution in [2.75, 3.05) is 37.6 Å². The zero-order valence-corrected chi connectivity index (χ0v) is 17.1. The van der Waals surface area contributed by atoms with Gasteiger partial charge in [-0.3, -0.25) is 9.59 Å². The fraction of sp³-hybridized carbons (Fsp3) is 0.478. The summed E-state index contributed by atoms with van der Waals surface area (Å²) in [7, 11) is 0. The monoisotopic (exact) mass is 405 g/mol. The molecule has 2 amide bonds. The lowest BCUT2D eigenvalue weighted by Crippen LogP contribution is -2.53. The summed E-state index contributed by atoms with van der Waals surface area (Å²) in [5.74, 6) is 1.02. The van der Waals surface area contributed by atoms with Crippen LogP contribution in [-0.2, 0) is 16.0 Å². The molecule has 1 unspecified atom stereocenters. The Morgan fingerprint density at radius 1 is 1.00 bits per heavy atom. The molecule has 7 heteroatoms. The van der Waals surface area contributed by atoms with Crippen LogP contribution >= 0.6 is 0 Å². The van der Waals surface area contributed by atoms with Crippen LogP contribution < -0.4 is 10.2 Å². The van der Waals surface area contributed by atoms with E-state index in [1.807, 2.05) is 41.3 Å². The average molecular weight is 406 g/mol. The van der Waals surface area contributed by atoms with E-state index in [4.69, 9.17) is 0 Å². The number of hydrogen-bond acceptors (Lipinski definition) is 5. The van der Waals surface area contributed by atoms with E-state index in [0.29, 0.717) is 32.0 Å². The molecule has 1 atom stereocenters. The number of likely N-dealkylation sites (tertiary alicyclic amines) is 1. The van der Waals surface area contributed by atoms with Crippen molar-refractivity contribution in [3.05, 3.63) is 54.4 Å². The van der Waals surface area contributed by atoms with Crippen LogP contribution in [0, 0.1) is 10.8 Å². The third kappa shape index (κ3) is 3.04. The average Bonchev–Trinajstić information content (AvgIpc) is 3.31. The van der Waals surface area contributed by atoms with Gasteiger partial charge in [0.05, 0.1) is 11.8 Å². The second-order valence-electron chi connectivity index (χ2n) is 8.82. The number of aromatic nitrogens is 2. The predicted octanol–water partition coefficient (Wildman–Crippen LogP) is 1.65. The van der Waals surface area contributed by atoms with E-state index in [0.717, 1.165) is 37.9 Å². The van der Waals surface area contributed by atoms with E-state index >= 15 is 0 Å². The molecule has 0 saturated carbocycles. The van der Waals surface area contributed by atoms with Gasteiger partial charge in [-0.15, -0.1) is 0 Å². The Hall–Kier alpha value is -2.96. The van der Waals surface area contributed by atoms with Gasteiger partial charge in [-0.1, -0.05) is 30.3 Å². The first-order chi connectivity index (χ1) is 14.6. The first kappa shape index (κ1) is 19.0. The summed E-state index contributed by atoms with van der Waals surface area (Å²) in [5, 5.41) is 3.08. The van der Waals surface area contributed by atoms with Gasteiger partial charge in [0.1, 0.15) is 0 Å². The maximum atomic E-state index is 13.0. The Bertz CT molecular complexity index is 927. The van der Waals surface area contributed by atoms with Gasteiger partial charge >= 0.3 is 0 Å². The summed E-state index contributed by atoms with van der Waals surface area (Å²) in [6, 6.07) is 11.7. The van der Waals surface area contributed by atoms with Gasteiger partial charge in [0, 0.05) is 50.5 Å². The topological polar surface area (TPSA) is 78.4 Å². The predicted molar refractivity (Wildman–Crippen MR) is 113 cm³/mol. The molecule has 0 bridgehead atoms. The Morgan fingerprint density at radius 2 is 1.73 bits per heavy atom. The first-order valence-corrected chi connectivity index (χ1v) is 10.7. The van der Waals surface area contributed by atoms with E-state index in [2.05, 4.69) is 20.2 Å². The highest BCUT2D eigenvalue weighted by Crippen LogP contribution is 2.56. The molecule has 2 spiro atoms. The van der Waals surface area contributed by atoms with Crippen LogP contribution in [0.4, 0.5) is 5.95 Å². The lowest BCUT2D eigenvalue weighted by molar-refractivity contribution is -0.138. The highest BCUT2D eigenvalue weighted by Gasteiger charge is 2.64. The molecule has 30 heavy (non-hydrogen) atoms. The van der Waals surface area contributed by atoms with Gasteiger partial charge in [0.2, 0.25) is 17.8 Å². The number of benzene rings is 1. The molecule has 1 aromatic heterocycles. The number of fused-ring (bicyclic) bond motifs is 1. The Balaban J connectivity index is 1.34. The van der Waals surface area contributed by atoms with Crippen molar-refractivity contribution in [2.24, 2.45) is 10.8 Å². The minimum atomic E-state index is -0.416. The molecule has 4 heterocycles. The van der Waals surface area contributed by atoms with Crippen molar-refractivity contribution in [2.45, 2.75) is 25.7 Å². The third-order valence-electron chi connectivity index (χ3n) is 7.35. The zero-order valence-electron chi connectivity index (χ0n) is 17.1. The molecule has 0 aliphatic carbocycles. The first-order valence-electron chi connectivity index (χ1n) is 10.7. The van der Waals surface area contributed by atoms with Gasteiger partial charge in [0.15, 0.2) is 0 Å². The molecular weight excluding hydrogens is 378 g/mol. The Kier molecular flexibility index (Phi) is 4.68. The van der Waals surface area contributed by atoms with Crippen LogP contribution in [0.5, 0.6) is 0 Å². The fourth-order valence-electron chi connectivity index (χ4n) is 5.69. The van der Waals surface area contributed by atoms with Crippen molar-refractivity contribution in [3.8, 4) is 0 Å². The largest absolute Gasteiger partial charge is 0.356 e. The second-order valence-corrected chi connectivity index (χ2v) is 8.82. The summed E-state index contributed by atoms with van der Waals surface area (Å²) >= 11 is 0. The quantitative estimate of drug-likeness (QED) is 0.840. The molecule has 7 nitrogen and oxygen atoms in total. The van der Waals surface area contributed by atoms with Crippen molar-refractivity contribution < 1.29 is 9.59 Å². The maximum Gasteiger partial charge on any atom is 0.228 e. The van der Waals surface area contributed by atoms with E-state index in [-0.39, 0.29) is 17.2 Å². The summed E-state index contributed by atoms with van der Waals surface area (Å²) < 4.78 is 0. The number of piperidine rings is 1. The van der Waals surface area contributed by atoms with Crippen molar-refractivity contribution >= 4 is 17.8 Å². The number of nitrogens with zero attached hydrogens (tertiary/aromatic N) is 4. The van der Waals surface area contributed by atoms with E-state index in [9.17, 15) is 9.59 Å². The fourth-order valence-corrected chi connectivity index (χ4v) is 5.69. The smallest absolute Gasteiger partial charge is 0.228 e. The SMILES string of the molecule is O=C(Cc1ccccc1)N1CCC2(CC1)CN(c1ncccn1)CC21CCNC1=O. The minimum absolute atomic E-state index is 0.143. The third-order valence-corrected chi connectivity index (χ3v) is 7.35. The summed E-state index contributed by atoms with van der Waals surface area (Å²) in [5.41, 5.74) is 0.486. The molecule has 5 rings (SSSR count). The Morgan fingerprint density at radius 3 is 2.40 bits per heavy atom. The Labute approximate surface area is 176 Å². The van der Waals surface area contributed by atoms with E-state index < -0.39 is 5.41 Å². The molecule has 2 aromatic rings. The second kappa shape index (κ2) is 7.38. The molecule has 3 fully saturated rings. The van der Waals surface area contributed by atoms with Crippen LogP contribution in [0.2, 0.25) is 0 Å². The zero-order chi connectivity index (χ0) is 20.6. The molecule has 0 radical (unpaired) electrons. The van der Waals surface area contributed by atoms with Crippen molar-refractivity contribution in [1.29, 1.82) is 0 Å². The molecule has 3 aliphatic heterocycles. The van der Waals surface area contributed by atoms with Crippen LogP contribution in [0.3, 0.4) is 0 Å². The van der Waals surface area contributed by atoms with Gasteiger partial charge < -0.3 is 15.1 Å². The number of carbonyl (C=O) groups excluding carboxylic acids is 2. The molecule has 3 saturated heterocycles. The van der Waals surface area contributed by atoms with Gasteiger partial charge in [-0.2, -0.15) is 0 Å². The number of hydrogen-bond donors (Lipinski definition) is 1. The van der Waals surface area contributed by atoms with Crippen LogP contribution in [0.15, 0.2) is 48.8 Å². The number of anilines is 1. The number of carbonyl (C=O) groups is 2.